The molecule has 9 nitrogen and oxygen atoms in total. The minimum absolute atomic E-state index is 0.0458. The number of rotatable bonds is 6. The molecule has 0 spiro atoms. The summed E-state index contributed by atoms with van der Waals surface area (Å²) in [6.45, 7) is 5.15. The van der Waals surface area contributed by atoms with E-state index in [4.69, 9.17) is 9.84 Å². The van der Waals surface area contributed by atoms with Crippen molar-refractivity contribution in [3.63, 3.8) is 0 Å². The summed E-state index contributed by atoms with van der Waals surface area (Å²) >= 11 is 0. The number of nitrogens with one attached hydrogen (secondary N) is 1. The lowest BCUT2D eigenvalue weighted by molar-refractivity contribution is -0.139. The smallest absolute Gasteiger partial charge is 0.341 e. The van der Waals surface area contributed by atoms with E-state index in [0.29, 0.717) is 11.5 Å². The highest BCUT2D eigenvalue weighted by atomic mass is 16.5. The number of ether oxygens (including phenoxy) is 1. The van der Waals surface area contributed by atoms with Crippen molar-refractivity contribution in [2.45, 2.75) is 26.8 Å². The van der Waals surface area contributed by atoms with Crippen LogP contribution < -0.4 is 10.1 Å². The lowest BCUT2D eigenvalue weighted by atomic mass is 10.1. The van der Waals surface area contributed by atoms with Gasteiger partial charge in [-0.1, -0.05) is 12.1 Å². The van der Waals surface area contributed by atoms with Crippen LogP contribution >= 0.6 is 0 Å². The van der Waals surface area contributed by atoms with Gasteiger partial charge in [0.25, 0.3) is 11.7 Å². The Morgan fingerprint density at radius 1 is 1.22 bits per heavy atom. The number of nitrogens with zero attached hydrogens (tertiary/aromatic N) is 4. The molecule has 1 aromatic carbocycles. The van der Waals surface area contributed by atoms with E-state index in [0.717, 1.165) is 17.0 Å². The second-order valence-corrected chi connectivity index (χ2v) is 6.13. The van der Waals surface area contributed by atoms with Crippen LogP contribution in [-0.2, 0) is 4.79 Å². The molecule has 0 radical (unpaired) electrons. The molecule has 0 saturated heterocycles. The summed E-state index contributed by atoms with van der Waals surface area (Å²) in [4.78, 5) is 31.4. The second kappa shape index (κ2) is 7.40. The van der Waals surface area contributed by atoms with Crippen LogP contribution in [0.4, 0.5) is 0 Å². The third-order valence-electron chi connectivity index (χ3n) is 3.91. The van der Waals surface area contributed by atoms with E-state index in [1.165, 1.54) is 4.52 Å². The highest BCUT2D eigenvalue weighted by molar-refractivity contribution is 5.91. The van der Waals surface area contributed by atoms with Crippen LogP contribution in [0.3, 0.4) is 0 Å². The predicted molar refractivity (Wildman–Crippen MR) is 95.7 cm³/mol. The van der Waals surface area contributed by atoms with Crippen LogP contribution in [0.1, 0.15) is 40.5 Å². The van der Waals surface area contributed by atoms with Gasteiger partial charge < -0.3 is 15.2 Å². The number of aryl methyl sites for hydroxylation is 2. The molecule has 0 aliphatic rings. The van der Waals surface area contributed by atoms with Crippen molar-refractivity contribution < 1.29 is 19.4 Å². The Morgan fingerprint density at radius 2 is 1.93 bits per heavy atom. The fourth-order valence-corrected chi connectivity index (χ4v) is 2.60. The molecule has 0 fully saturated rings. The number of carboxylic acid groups (broad SMARTS) is 1. The third-order valence-corrected chi connectivity index (χ3v) is 3.91. The Labute approximate surface area is 155 Å². The van der Waals surface area contributed by atoms with Crippen LogP contribution in [0.25, 0.3) is 5.78 Å². The molecule has 27 heavy (non-hydrogen) atoms. The van der Waals surface area contributed by atoms with Crippen LogP contribution in [0.2, 0.25) is 0 Å². The molecule has 0 aliphatic heterocycles. The average Bonchev–Trinajstić information content (AvgIpc) is 3.05. The zero-order valence-corrected chi connectivity index (χ0v) is 15.1. The van der Waals surface area contributed by atoms with Gasteiger partial charge in [0.15, 0.2) is 6.61 Å². The van der Waals surface area contributed by atoms with Crippen molar-refractivity contribution in [1.82, 2.24) is 24.9 Å². The summed E-state index contributed by atoms with van der Waals surface area (Å²) < 4.78 is 6.62. The second-order valence-electron chi connectivity index (χ2n) is 6.13. The molecule has 2 aromatic heterocycles. The summed E-state index contributed by atoms with van der Waals surface area (Å²) in [5, 5.41) is 15.7. The normalized spacial score (nSPS) is 12.0. The molecule has 2 heterocycles. The zero-order valence-electron chi connectivity index (χ0n) is 15.1. The van der Waals surface area contributed by atoms with Crippen molar-refractivity contribution in [3.8, 4) is 5.75 Å². The fraction of sp³-hybridized carbons (Fsp3) is 0.278. The van der Waals surface area contributed by atoms with Crippen LogP contribution in [0.15, 0.2) is 30.3 Å². The lowest BCUT2D eigenvalue weighted by Gasteiger charge is -2.13. The first-order valence-electron chi connectivity index (χ1n) is 8.30. The maximum atomic E-state index is 12.5. The highest BCUT2D eigenvalue weighted by Gasteiger charge is 2.17. The van der Waals surface area contributed by atoms with Gasteiger partial charge in [0, 0.05) is 11.4 Å². The Hall–Kier alpha value is -3.49. The van der Waals surface area contributed by atoms with Crippen molar-refractivity contribution in [2.75, 3.05) is 6.61 Å². The number of hydrogen-bond donors (Lipinski definition) is 2. The summed E-state index contributed by atoms with van der Waals surface area (Å²) in [5.41, 5.74) is 2.48. The van der Waals surface area contributed by atoms with E-state index in [1.54, 1.807) is 24.3 Å². The minimum atomic E-state index is -1.04. The maximum absolute atomic E-state index is 12.5. The molecule has 1 unspecified atom stereocenters. The summed E-state index contributed by atoms with van der Waals surface area (Å²) in [7, 11) is 0. The number of hydrogen-bond acceptors (Lipinski definition) is 6. The number of aromatic nitrogens is 4. The molecule has 1 amide bonds. The molecule has 0 bridgehead atoms. The molecule has 3 aromatic rings. The summed E-state index contributed by atoms with van der Waals surface area (Å²) in [6.07, 6.45) is 0. The Kier molecular flexibility index (Phi) is 5.02. The number of benzene rings is 1. The SMILES string of the molecule is Cc1cc(C)n2nc(C(=O)NC(C)c3ccc(OCC(=O)O)cc3)nc2n1. The molecule has 2 N–H and O–H groups in total. The minimum Gasteiger partial charge on any atom is -0.482 e. The van der Waals surface area contributed by atoms with E-state index in [9.17, 15) is 9.59 Å². The fourth-order valence-electron chi connectivity index (χ4n) is 2.60. The molecule has 140 valence electrons. The quantitative estimate of drug-likeness (QED) is 0.679. The number of carbonyl (C=O) groups is 2. The summed E-state index contributed by atoms with van der Waals surface area (Å²) in [6, 6.07) is 8.39. The first-order chi connectivity index (χ1) is 12.8. The predicted octanol–water partition coefficient (Wildman–Crippen LogP) is 1.70. The van der Waals surface area contributed by atoms with Gasteiger partial charge in [-0.15, -0.1) is 5.10 Å². The Morgan fingerprint density at radius 3 is 2.59 bits per heavy atom. The van der Waals surface area contributed by atoms with E-state index in [-0.39, 0.29) is 11.9 Å². The Balaban J connectivity index is 1.70. The topological polar surface area (TPSA) is 119 Å². The first kappa shape index (κ1) is 18.3. The number of aliphatic carboxylic acids is 1. The largest absolute Gasteiger partial charge is 0.482 e. The number of amides is 1. The van der Waals surface area contributed by atoms with Crippen molar-refractivity contribution >= 4 is 17.7 Å². The monoisotopic (exact) mass is 369 g/mol. The molecule has 9 heteroatoms. The third kappa shape index (κ3) is 4.20. The molecular formula is C18H19N5O4. The van der Waals surface area contributed by atoms with Gasteiger partial charge in [-0.05, 0) is 44.5 Å². The molecule has 0 saturated carbocycles. The van der Waals surface area contributed by atoms with E-state index >= 15 is 0 Å². The average molecular weight is 369 g/mol. The summed E-state index contributed by atoms with van der Waals surface area (Å²) in [5.74, 6) is -0.579. The highest BCUT2D eigenvalue weighted by Crippen LogP contribution is 2.18. The van der Waals surface area contributed by atoms with E-state index in [1.807, 2.05) is 26.8 Å². The van der Waals surface area contributed by atoms with E-state index in [2.05, 4.69) is 20.4 Å². The van der Waals surface area contributed by atoms with Gasteiger partial charge >= 0.3 is 5.97 Å². The van der Waals surface area contributed by atoms with E-state index < -0.39 is 18.5 Å². The zero-order chi connectivity index (χ0) is 19.6. The first-order valence-corrected chi connectivity index (χ1v) is 8.30. The van der Waals surface area contributed by atoms with Gasteiger partial charge in [0.05, 0.1) is 6.04 Å². The molecule has 0 aliphatic carbocycles. The lowest BCUT2D eigenvalue weighted by Crippen LogP contribution is -2.27. The van der Waals surface area contributed by atoms with Crippen LogP contribution in [0, 0.1) is 13.8 Å². The van der Waals surface area contributed by atoms with Gasteiger partial charge in [-0.25, -0.2) is 14.3 Å². The molecular weight excluding hydrogens is 350 g/mol. The maximum Gasteiger partial charge on any atom is 0.341 e. The van der Waals surface area contributed by atoms with Crippen molar-refractivity contribution in [1.29, 1.82) is 0 Å². The molecule has 3 rings (SSSR count). The Bertz CT molecular complexity index is 997. The van der Waals surface area contributed by atoms with Crippen molar-refractivity contribution in [3.05, 3.63) is 53.1 Å². The molecule has 1 atom stereocenters. The number of carboxylic acids is 1. The standard InChI is InChI=1S/C18H19N5O4/c1-10-8-11(2)23-18(19-10)21-16(22-23)17(26)20-12(3)13-4-6-14(7-5-13)27-9-15(24)25/h4-8,12H,9H2,1-3H3,(H,20,26)(H,24,25). The van der Waals surface area contributed by atoms with Crippen LogP contribution in [0.5, 0.6) is 5.75 Å². The number of fused-ring (bicyclic) bond motifs is 1. The van der Waals surface area contributed by atoms with Crippen LogP contribution in [-0.4, -0.2) is 43.2 Å². The van der Waals surface area contributed by atoms with Gasteiger partial charge in [0.1, 0.15) is 5.75 Å². The van der Waals surface area contributed by atoms with Crippen molar-refractivity contribution in [2.24, 2.45) is 0 Å². The number of carbonyl (C=O) groups excluding carboxylic acids is 1. The van der Waals surface area contributed by atoms with Gasteiger partial charge in [-0.2, -0.15) is 4.98 Å². The van der Waals surface area contributed by atoms with Gasteiger partial charge in [-0.3, -0.25) is 4.79 Å². The van der Waals surface area contributed by atoms with Gasteiger partial charge in [0.2, 0.25) is 5.82 Å².